The van der Waals surface area contributed by atoms with E-state index >= 15 is 0 Å². The van der Waals surface area contributed by atoms with Crippen molar-refractivity contribution >= 4 is 46.1 Å². The van der Waals surface area contributed by atoms with Gasteiger partial charge in [0.25, 0.3) is 0 Å². The van der Waals surface area contributed by atoms with Gasteiger partial charge in [-0.2, -0.15) is 19.2 Å². The van der Waals surface area contributed by atoms with Crippen molar-refractivity contribution in [2.24, 2.45) is 5.92 Å². The predicted molar refractivity (Wildman–Crippen MR) is 140 cm³/mol. The van der Waals surface area contributed by atoms with Crippen molar-refractivity contribution in [3.63, 3.8) is 0 Å². The van der Waals surface area contributed by atoms with E-state index in [1.807, 2.05) is 0 Å². The second kappa shape index (κ2) is 21.4. The van der Waals surface area contributed by atoms with Gasteiger partial charge in [-0.3, -0.25) is 0 Å². The van der Waals surface area contributed by atoms with Crippen LogP contribution < -0.4 is 0 Å². The maximum atomic E-state index is 8.12. The second-order valence-electron chi connectivity index (χ2n) is 9.16. The number of rotatable bonds is 9. The van der Waals surface area contributed by atoms with Gasteiger partial charge in [-0.15, -0.1) is 0 Å². The largest absolute Gasteiger partial charge is 0.437 e. The predicted octanol–water partition coefficient (Wildman–Crippen LogP) is 6.90. The van der Waals surface area contributed by atoms with Crippen LogP contribution in [0.1, 0.15) is 50.0 Å². The van der Waals surface area contributed by atoms with Gasteiger partial charge >= 0.3 is 29.4 Å². The maximum absolute atomic E-state index is 8.12. The summed E-state index contributed by atoms with van der Waals surface area (Å²) >= 11 is 0. The molecule has 192 valence electrons. The Labute approximate surface area is 198 Å². The Morgan fingerprint density at radius 2 is 0.903 bits per heavy atom. The van der Waals surface area contributed by atoms with Crippen LogP contribution in [0.4, 0.5) is 0 Å². The Hall–Kier alpha value is -0.492. The van der Waals surface area contributed by atoms with E-state index in [1.165, 1.54) is 6.42 Å². The highest BCUT2D eigenvalue weighted by Gasteiger charge is 2.44. The van der Waals surface area contributed by atoms with Crippen molar-refractivity contribution in [3.8, 4) is 0 Å². The van der Waals surface area contributed by atoms with Crippen LogP contribution in [0.2, 0.25) is 65.0 Å². The summed E-state index contributed by atoms with van der Waals surface area (Å²) in [5.41, 5.74) is 0. The first-order chi connectivity index (χ1) is 11.9. The molecule has 0 rings (SSSR count). The molecule has 1 unspecified atom stereocenters. The van der Waals surface area contributed by atoms with Gasteiger partial charge in [-0.1, -0.05) is 43.6 Å². The molecule has 0 radical (unpaired) electrons. The first kappa shape index (κ1) is 48.1. The molecule has 31 heavy (non-hydrogen) atoms. The third kappa shape index (κ3) is 40.4. The number of hydrogen-bond donors (Lipinski definition) is 0. The molecule has 1 atom stereocenters. The van der Waals surface area contributed by atoms with Gasteiger partial charge in [-0.05, 0) is 77.3 Å². The monoisotopic (exact) mass is 518 g/mol. The van der Waals surface area contributed by atoms with Crippen LogP contribution in [0.15, 0.2) is 0 Å². The topological polar surface area (TPSA) is 96.0 Å². The molecule has 0 spiro atoms. The van der Waals surface area contributed by atoms with Crippen LogP contribution in [-0.4, -0.2) is 46.1 Å². The number of hydrogen-bond acceptors (Lipinski definition) is 7. The Kier molecular flexibility index (Phi) is 33.1. The zero-order valence-corrected chi connectivity index (χ0v) is 22.8. The van der Waals surface area contributed by atoms with Gasteiger partial charge in [0.2, 0.25) is 0 Å². The van der Waals surface area contributed by atoms with Crippen molar-refractivity contribution in [2.45, 2.75) is 115 Å². The molecule has 7 nitrogen and oxygen atoms in total. The van der Waals surface area contributed by atoms with E-state index in [2.05, 4.69) is 72.8 Å². The molecule has 0 saturated heterocycles. The lowest BCUT2D eigenvalue weighted by atomic mass is 10.2. The normalized spacial score (nSPS) is 12.1. The van der Waals surface area contributed by atoms with Crippen molar-refractivity contribution < 1.29 is 31.5 Å². The Morgan fingerprint density at radius 3 is 1.13 bits per heavy atom. The van der Waals surface area contributed by atoms with E-state index in [0.29, 0.717) is 5.92 Å². The van der Waals surface area contributed by atoms with E-state index in [4.69, 9.17) is 31.5 Å². The van der Waals surface area contributed by atoms with Gasteiger partial charge in [0.1, 0.15) is 0 Å². The van der Waals surface area contributed by atoms with Crippen molar-refractivity contribution in [3.05, 3.63) is 0 Å². The summed E-state index contributed by atoms with van der Waals surface area (Å²) in [4.78, 5) is 32.5. The van der Waals surface area contributed by atoms with Crippen molar-refractivity contribution in [1.82, 2.24) is 0 Å². The van der Waals surface area contributed by atoms with E-state index in [-0.39, 0.29) is 42.0 Å². The van der Waals surface area contributed by atoms with Gasteiger partial charge in [0.05, 0.1) is 0 Å². The molecule has 0 aliphatic carbocycles. The Morgan fingerprint density at radius 1 is 0.613 bits per heavy atom. The highest BCUT2D eigenvalue weighted by atomic mass is 28.5. The molecule has 0 aromatic rings. The van der Waals surface area contributed by atoms with Crippen molar-refractivity contribution in [2.75, 3.05) is 0 Å². The molecule has 0 N–H and O–H groups in total. The zero-order valence-electron chi connectivity index (χ0n) is 18.8. The second-order valence-corrected chi connectivity index (χ2v) is 25.6. The fourth-order valence-electron chi connectivity index (χ4n) is 2.60. The van der Waals surface area contributed by atoms with Crippen LogP contribution in [-0.2, 0) is 31.5 Å². The Bertz CT molecular complexity index is 463. The molecule has 0 aliphatic rings. The summed E-state index contributed by atoms with van der Waals surface area (Å²) in [7, 11) is -7.48. The molecule has 11 heteroatoms. The molecule has 0 aromatic carbocycles. The van der Waals surface area contributed by atoms with Gasteiger partial charge in [0.15, 0.2) is 16.6 Å². The summed E-state index contributed by atoms with van der Waals surface area (Å²) in [6.45, 7) is 24.6. The smallest absolute Gasteiger partial charge is 0.373 e. The molecule has 0 bridgehead atoms. The molecule has 0 amide bonds. The quantitative estimate of drug-likeness (QED) is 0.306. The number of carbonyl (C=O) groups excluding carboxylic acids is 4. The molecular formula is C20H54O7Si4. The highest BCUT2D eigenvalue weighted by molar-refractivity contribution is 6.89. The fraction of sp³-hybridized carbons (Fsp3) is 0.900. The van der Waals surface area contributed by atoms with Crippen LogP contribution in [0.3, 0.4) is 0 Å². The SMILES string of the molecule is C.C.C.C.CC(C)CC[Si](C)(O[Si](C)(C)C)O[Si](C)(C)O[Si](C)(C)C.O=C=O.O=C=O. The van der Waals surface area contributed by atoms with Crippen LogP contribution in [0.25, 0.3) is 0 Å². The van der Waals surface area contributed by atoms with E-state index in [0.717, 1.165) is 6.04 Å². The summed E-state index contributed by atoms with van der Waals surface area (Å²) in [5.74, 6) is 0.688. The standard InChI is InChI=1S/C14H38O3Si4.2CO2.4CH4/c1-14(2)12-13-21(11,16-19(6,7)8)17-20(9,10)15-18(3,4)5;2*2-1-3;;;;/h14H,12-13H2,1-11H3;;;4*1H4. The summed E-state index contributed by atoms with van der Waals surface area (Å²) < 4.78 is 19.6. The summed E-state index contributed by atoms with van der Waals surface area (Å²) in [6.07, 6.45) is 1.67. The molecule has 0 aliphatic heterocycles. The average Bonchev–Trinajstić information content (AvgIpc) is 2.32. The van der Waals surface area contributed by atoms with Crippen LogP contribution in [0.5, 0.6) is 0 Å². The Balaban J connectivity index is -0.000000103. The van der Waals surface area contributed by atoms with Crippen molar-refractivity contribution in [1.29, 1.82) is 0 Å². The first-order valence-corrected chi connectivity index (χ1v) is 21.1. The van der Waals surface area contributed by atoms with Crippen LogP contribution >= 0.6 is 0 Å². The molecule has 0 aromatic heterocycles. The summed E-state index contributed by atoms with van der Waals surface area (Å²) in [5, 5.41) is 0. The molecule has 0 fully saturated rings. The molecule has 0 heterocycles. The molecular weight excluding hydrogens is 465 g/mol. The lowest BCUT2D eigenvalue weighted by Gasteiger charge is -2.41. The minimum atomic E-state index is -2.16. The minimum Gasteiger partial charge on any atom is -0.437 e. The van der Waals surface area contributed by atoms with E-state index in [1.54, 1.807) is 0 Å². The maximum Gasteiger partial charge on any atom is 0.373 e. The third-order valence-electron chi connectivity index (χ3n) is 2.71. The first-order valence-electron chi connectivity index (χ1n) is 8.96. The third-order valence-corrected chi connectivity index (χ3v) is 16.2. The minimum absolute atomic E-state index is 0. The van der Waals surface area contributed by atoms with Gasteiger partial charge in [0, 0.05) is 0 Å². The van der Waals surface area contributed by atoms with Crippen LogP contribution in [0, 0.1) is 5.92 Å². The van der Waals surface area contributed by atoms with E-state index < -0.39 is 33.8 Å². The lowest BCUT2D eigenvalue weighted by Crippen LogP contribution is -2.56. The highest BCUT2D eigenvalue weighted by Crippen LogP contribution is 2.28. The average molecular weight is 519 g/mol. The fourth-order valence-corrected chi connectivity index (χ4v) is 20.8. The summed E-state index contributed by atoms with van der Waals surface area (Å²) in [6, 6.07) is 1.07. The zero-order chi connectivity index (χ0) is 22.5. The lowest BCUT2D eigenvalue weighted by molar-refractivity contribution is -0.193. The van der Waals surface area contributed by atoms with Gasteiger partial charge < -0.3 is 12.3 Å². The molecule has 0 saturated carbocycles. The van der Waals surface area contributed by atoms with Gasteiger partial charge in [-0.25, -0.2) is 0 Å². The van der Waals surface area contributed by atoms with E-state index in [9.17, 15) is 0 Å².